The predicted molar refractivity (Wildman–Crippen MR) is 65.8 cm³/mol. The fraction of sp³-hybridized carbons (Fsp3) is 0. The van der Waals surface area contributed by atoms with E-state index in [1.54, 1.807) is 36.5 Å². The van der Waals surface area contributed by atoms with Gasteiger partial charge in [-0.15, -0.1) is 0 Å². The molecular weight excluding hydrogens is 287 g/mol. The van der Waals surface area contributed by atoms with Gasteiger partial charge >= 0.3 is 0 Å². The van der Waals surface area contributed by atoms with Crippen molar-refractivity contribution in [3.63, 3.8) is 0 Å². The number of aromatic nitrogens is 1. The highest BCUT2D eigenvalue weighted by molar-refractivity contribution is 9.10. The summed E-state index contributed by atoms with van der Waals surface area (Å²) in [5.41, 5.74) is 0.706. The molecule has 3 nitrogen and oxygen atoms in total. The van der Waals surface area contributed by atoms with Crippen molar-refractivity contribution < 1.29 is 9.60 Å². The molecule has 0 spiro atoms. The zero-order chi connectivity index (χ0) is 12.3. The van der Waals surface area contributed by atoms with Crippen molar-refractivity contribution in [2.24, 2.45) is 5.16 Å². The molecule has 1 aromatic heterocycles. The Balaban J connectivity index is 2.55. The molecule has 2 rings (SSSR count). The molecule has 0 aliphatic rings. The van der Waals surface area contributed by atoms with E-state index >= 15 is 0 Å². The number of oxime groups is 1. The first-order chi connectivity index (χ1) is 8.24. The lowest BCUT2D eigenvalue weighted by Crippen LogP contribution is -2.08. The van der Waals surface area contributed by atoms with E-state index in [4.69, 9.17) is 5.21 Å². The van der Waals surface area contributed by atoms with Crippen molar-refractivity contribution in [3.05, 3.63) is 64.1 Å². The predicted octanol–water partition coefficient (Wildman–Crippen LogP) is 3.21. The highest BCUT2D eigenvalue weighted by Gasteiger charge is 2.15. The summed E-state index contributed by atoms with van der Waals surface area (Å²) in [6.07, 6.45) is 1.55. The Morgan fingerprint density at radius 1 is 1.24 bits per heavy atom. The number of benzene rings is 1. The second kappa shape index (κ2) is 5.05. The molecule has 0 fully saturated rings. The first-order valence-corrected chi connectivity index (χ1v) is 5.61. The minimum atomic E-state index is -0.481. The molecule has 17 heavy (non-hydrogen) atoms. The maximum Gasteiger partial charge on any atom is 0.146 e. The summed E-state index contributed by atoms with van der Waals surface area (Å²) in [6, 6.07) is 9.89. The Morgan fingerprint density at radius 3 is 2.71 bits per heavy atom. The van der Waals surface area contributed by atoms with Crippen molar-refractivity contribution in [2.45, 2.75) is 0 Å². The molecule has 0 atom stereocenters. The number of hydrogen-bond acceptors (Lipinski definition) is 3. The SMILES string of the molecule is O/N=C(/c1ccccn1)c1cccc(Br)c1F. The van der Waals surface area contributed by atoms with Gasteiger partial charge in [-0.3, -0.25) is 4.98 Å². The second-order valence-electron chi connectivity index (χ2n) is 3.26. The summed E-state index contributed by atoms with van der Waals surface area (Å²) in [4.78, 5) is 4.02. The van der Waals surface area contributed by atoms with Gasteiger partial charge in [-0.1, -0.05) is 17.3 Å². The molecule has 0 aliphatic heterocycles. The third-order valence-corrected chi connectivity index (χ3v) is 2.83. The molecule has 1 aromatic carbocycles. The summed E-state index contributed by atoms with van der Waals surface area (Å²) in [5, 5.41) is 12.1. The van der Waals surface area contributed by atoms with Crippen LogP contribution in [0.1, 0.15) is 11.3 Å². The van der Waals surface area contributed by atoms with Crippen molar-refractivity contribution in [1.82, 2.24) is 4.98 Å². The smallest absolute Gasteiger partial charge is 0.146 e. The number of hydrogen-bond donors (Lipinski definition) is 1. The van der Waals surface area contributed by atoms with Gasteiger partial charge in [-0.25, -0.2) is 4.39 Å². The molecule has 0 bridgehead atoms. The summed E-state index contributed by atoms with van der Waals surface area (Å²) in [7, 11) is 0. The van der Waals surface area contributed by atoms with Crippen molar-refractivity contribution in [1.29, 1.82) is 0 Å². The molecule has 2 aromatic rings. The molecule has 1 N–H and O–H groups in total. The van der Waals surface area contributed by atoms with Crippen LogP contribution in [0, 0.1) is 5.82 Å². The lowest BCUT2D eigenvalue weighted by molar-refractivity contribution is 0.319. The van der Waals surface area contributed by atoms with E-state index in [2.05, 4.69) is 26.1 Å². The highest BCUT2D eigenvalue weighted by Crippen LogP contribution is 2.20. The van der Waals surface area contributed by atoms with Crippen LogP contribution in [0.3, 0.4) is 0 Å². The number of nitrogens with zero attached hydrogens (tertiary/aromatic N) is 2. The van der Waals surface area contributed by atoms with Crippen LogP contribution in [0.4, 0.5) is 4.39 Å². The van der Waals surface area contributed by atoms with Crippen LogP contribution in [0.25, 0.3) is 0 Å². The molecule has 0 amide bonds. The molecule has 0 radical (unpaired) electrons. The topological polar surface area (TPSA) is 45.5 Å². The van der Waals surface area contributed by atoms with Gasteiger partial charge in [0.1, 0.15) is 11.5 Å². The van der Waals surface area contributed by atoms with Crippen LogP contribution in [-0.4, -0.2) is 15.9 Å². The van der Waals surface area contributed by atoms with E-state index in [1.165, 1.54) is 6.07 Å². The summed E-state index contributed by atoms with van der Waals surface area (Å²) in [5.74, 6) is -0.481. The third-order valence-electron chi connectivity index (χ3n) is 2.21. The van der Waals surface area contributed by atoms with Gasteiger partial charge in [0.25, 0.3) is 0 Å². The van der Waals surface area contributed by atoms with Crippen LogP contribution >= 0.6 is 15.9 Å². The molecule has 1 heterocycles. The Bertz CT molecular complexity index is 558. The molecule has 0 aliphatic carbocycles. The average molecular weight is 295 g/mol. The lowest BCUT2D eigenvalue weighted by atomic mass is 10.1. The van der Waals surface area contributed by atoms with Crippen molar-refractivity contribution in [3.8, 4) is 0 Å². The molecule has 0 unspecified atom stereocenters. The van der Waals surface area contributed by atoms with Crippen LogP contribution in [0.5, 0.6) is 0 Å². The van der Waals surface area contributed by atoms with Crippen LogP contribution in [-0.2, 0) is 0 Å². The maximum absolute atomic E-state index is 13.9. The minimum Gasteiger partial charge on any atom is -0.410 e. The summed E-state index contributed by atoms with van der Waals surface area (Å²) < 4.78 is 14.2. The Labute approximate surface area is 106 Å². The monoisotopic (exact) mass is 294 g/mol. The maximum atomic E-state index is 13.9. The first kappa shape index (κ1) is 11.7. The number of pyridine rings is 1. The Hall–Kier alpha value is -1.75. The van der Waals surface area contributed by atoms with Crippen LogP contribution in [0.15, 0.2) is 52.2 Å². The van der Waals surface area contributed by atoms with Crippen LogP contribution in [0.2, 0.25) is 0 Å². The zero-order valence-electron chi connectivity index (χ0n) is 8.64. The fourth-order valence-electron chi connectivity index (χ4n) is 1.43. The van der Waals surface area contributed by atoms with E-state index in [0.717, 1.165) is 0 Å². The zero-order valence-corrected chi connectivity index (χ0v) is 10.2. The van der Waals surface area contributed by atoms with Gasteiger partial charge < -0.3 is 5.21 Å². The normalized spacial score (nSPS) is 11.5. The van der Waals surface area contributed by atoms with Crippen molar-refractivity contribution in [2.75, 3.05) is 0 Å². The van der Waals surface area contributed by atoms with Gasteiger partial charge in [0.2, 0.25) is 0 Å². The van der Waals surface area contributed by atoms with E-state index in [0.29, 0.717) is 10.2 Å². The van der Waals surface area contributed by atoms with Gasteiger partial charge in [0, 0.05) is 11.8 Å². The standard InChI is InChI=1S/C12H8BrFN2O/c13-9-5-3-4-8(11(9)14)12(16-17)10-6-1-2-7-15-10/h1-7,17H/b16-12+. The molecular formula is C12H8BrFN2O. The third kappa shape index (κ3) is 2.34. The molecule has 5 heteroatoms. The molecule has 0 saturated carbocycles. The fourth-order valence-corrected chi connectivity index (χ4v) is 1.80. The van der Waals surface area contributed by atoms with E-state index < -0.39 is 5.82 Å². The average Bonchev–Trinajstić information content (AvgIpc) is 2.37. The van der Waals surface area contributed by atoms with Gasteiger partial charge in [-0.2, -0.15) is 0 Å². The highest BCUT2D eigenvalue weighted by atomic mass is 79.9. The largest absolute Gasteiger partial charge is 0.410 e. The molecule has 86 valence electrons. The van der Waals surface area contributed by atoms with Gasteiger partial charge in [-0.05, 0) is 40.2 Å². The number of rotatable bonds is 2. The van der Waals surface area contributed by atoms with E-state index in [-0.39, 0.29) is 11.3 Å². The summed E-state index contributed by atoms with van der Waals surface area (Å²) >= 11 is 3.08. The quantitative estimate of drug-likeness (QED) is 0.525. The molecule has 0 saturated heterocycles. The summed E-state index contributed by atoms with van der Waals surface area (Å²) in [6.45, 7) is 0. The van der Waals surface area contributed by atoms with Gasteiger partial charge in [0.05, 0.1) is 10.2 Å². The van der Waals surface area contributed by atoms with E-state index in [9.17, 15) is 4.39 Å². The minimum absolute atomic E-state index is 0.101. The Kier molecular flexibility index (Phi) is 3.49. The van der Waals surface area contributed by atoms with Crippen molar-refractivity contribution >= 4 is 21.6 Å². The van der Waals surface area contributed by atoms with Crippen LogP contribution < -0.4 is 0 Å². The Morgan fingerprint density at radius 2 is 2.06 bits per heavy atom. The number of halogens is 2. The van der Waals surface area contributed by atoms with Gasteiger partial charge in [0.15, 0.2) is 0 Å². The second-order valence-corrected chi connectivity index (χ2v) is 4.12. The lowest BCUT2D eigenvalue weighted by Gasteiger charge is -2.06. The first-order valence-electron chi connectivity index (χ1n) is 4.82. The van der Waals surface area contributed by atoms with E-state index in [1.807, 2.05) is 0 Å².